The minimum atomic E-state index is -0.948. The summed E-state index contributed by atoms with van der Waals surface area (Å²) in [6, 6.07) is 18.4. The van der Waals surface area contributed by atoms with Crippen molar-refractivity contribution < 1.29 is 15.0 Å². The predicted octanol–water partition coefficient (Wildman–Crippen LogP) is 2.76. The van der Waals surface area contributed by atoms with Crippen molar-refractivity contribution in [1.82, 2.24) is 0 Å². The fourth-order valence-corrected chi connectivity index (χ4v) is 2.99. The van der Waals surface area contributed by atoms with Gasteiger partial charge in [-0.3, -0.25) is 4.79 Å². The Morgan fingerprint density at radius 3 is 2.15 bits per heavy atom. The lowest BCUT2D eigenvalue weighted by Gasteiger charge is -2.17. The van der Waals surface area contributed by atoms with Crippen LogP contribution in [0.5, 0.6) is 0 Å². The molecule has 1 unspecified atom stereocenters. The molecule has 3 nitrogen and oxygen atoms in total. The van der Waals surface area contributed by atoms with Crippen LogP contribution < -0.4 is 0 Å². The van der Waals surface area contributed by atoms with Gasteiger partial charge in [-0.2, -0.15) is 0 Å². The molecule has 0 amide bonds. The first-order valence-electron chi connectivity index (χ1n) is 6.68. The molecular weight excluding hydrogens is 252 g/mol. The highest BCUT2D eigenvalue weighted by atomic mass is 16.4. The number of carbonyl (C=O) groups is 1. The molecule has 1 aliphatic carbocycles. The Hall–Kier alpha value is -2.13. The van der Waals surface area contributed by atoms with Gasteiger partial charge in [0.1, 0.15) is 0 Å². The smallest absolute Gasteiger partial charge is 0.314 e. The molecular formula is C17H16O3. The van der Waals surface area contributed by atoms with Gasteiger partial charge in [-0.15, -0.1) is 0 Å². The molecule has 2 aromatic carbocycles. The van der Waals surface area contributed by atoms with Crippen molar-refractivity contribution in [2.45, 2.75) is 17.9 Å². The topological polar surface area (TPSA) is 57.5 Å². The van der Waals surface area contributed by atoms with E-state index in [1.807, 2.05) is 60.7 Å². The van der Waals surface area contributed by atoms with E-state index in [0.29, 0.717) is 6.42 Å². The van der Waals surface area contributed by atoms with Crippen LogP contribution in [0, 0.1) is 5.92 Å². The number of carboxylic acids is 1. The molecule has 2 aromatic rings. The maximum Gasteiger partial charge on any atom is 0.314 e. The van der Waals surface area contributed by atoms with Gasteiger partial charge in [0.15, 0.2) is 0 Å². The van der Waals surface area contributed by atoms with Gasteiger partial charge in [-0.05, 0) is 17.5 Å². The van der Waals surface area contributed by atoms with Crippen LogP contribution in [0.25, 0.3) is 0 Å². The molecule has 3 atom stereocenters. The molecule has 2 N–H and O–H groups in total. The van der Waals surface area contributed by atoms with Gasteiger partial charge in [-0.25, -0.2) is 0 Å². The third-order valence-corrected chi connectivity index (χ3v) is 4.21. The van der Waals surface area contributed by atoms with Crippen molar-refractivity contribution in [2.24, 2.45) is 5.92 Å². The fourth-order valence-electron chi connectivity index (χ4n) is 2.99. The number of aliphatic hydroxyl groups excluding tert-OH is 1. The quantitative estimate of drug-likeness (QED) is 0.896. The molecule has 0 saturated heterocycles. The molecule has 3 heteroatoms. The van der Waals surface area contributed by atoms with E-state index < -0.39 is 17.5 Å². The Labute approximate surface area is 117 Å². The zero-order valence-electron chi connectivity index (χ0n) is 10.9. The average molecular weight is 268 g/mol. The van der Waals surface area contributed by atoms with Gasteiger partial charge in [-0.1, -0.05) is 60.7 Å². The summed E-state index contributed by atoms with van der Waals surface area (Å²) in [5, 5.41) is 20.1. The third-order valence-electron chi connectivity index (χ3n) is 4.21. The summed E-state index contributed by atoms with van der Waals surface area (Å²) in [4.78, 5) is 11.7. The van der Waals surface area contributed by atoms with Gasteiger partial charge in [0.2, 0.25) is 0 Å². The Morgan fingerprint density at radius 1 is 1.05 bits per heavy atom. The average Bonchev–Trinajstić information content (AvgIpc) is 3.25. The highest BCUT2D eigenvalue weighted by molar-refractivity contribution is 5.86. The van der Waals surface area contributed by atoms with Crippen LogP contribution in [-0.4, -0.2) is 16.2 Å². The Kier molecular flexibility index (Phi) is 3.07. The first kappa shape index (κ1) is 12.9. The van der Waals surface area contributed by atoms with Crippen molar-refractivity contribution in [3.63, 3.8) is 0 Å². The number of rotatable bonds is 4. The number of hydrogen-bond donors (Lipinski definition) is 2. The van der Waals surface area contributed by atoms with Crippen LogP contribution in [-0.2, 0) is 10.2 Å². The molecule has 0 spiro atoms. The molecule has 102 valence electrons. The maximum absolute atomic E-state index is 11.7. The summed E-state index contributed by atoms with van der Waals surface area (Å²) in [7, 11) is 0. The second kappa shape index (κ2) is 4.76. The lowest BCUT2D eigenvalue weighted by Crippen LogP contribution is -2.24. The second-order valence-corrected chi connectivity index (χ2v) is 5.31. The Bertz CT molecular complexity index is 609. The number of hydrogen-bond acceptors (Lipinski definition) is 2. The fraction of sp³-hybridized carbons (Fsp3) is 0.235. The predicted molar refractivity (Wildman–Crippen MR) is 75.3 cm³/mol. The van der Waals surface area contributed by atoms with Crippen molar-refractivity contribution in [2.75, 3.05) is 0 Å². The summed E-state index contributed by atoms with van der Waals surface area (Å²) in [5.41, 5.74) is 0.598. The van der Waals surface area contributed by atoms with Crippen LogP contribution in [0.1, 0.15) is 23.7 Å². The van der Waals surface area contributed by atoms with Crippen molar-refractivity contribution >= 4 is 5.97 Å². The number of aliphatic hydroxyl groups is 1. The number of carboxylic acid groups (broad SMARTS) is 1. The number of benzene rings is 2. The van der Waals surface area contributed by atoms with Crippen LogP contribution in [0.2, 0.25) is 0 Å². The zero-order chi connectivity index (χ0) is 14.2. The summed E-state index contributed by atoms with van der Waals surface area (Å²) in [6.07, 6.45) is -0.268. The van der Waals surface area contributed by atoms with Crippen molar-refractivity contribution in [3.8, 4) is 0 Å². The van der Waals surface area contributed by atoms with Crippen LogP contribution in [0.3, 0.4) is 0 Å². The summed E-state index contributed by atoms with van der Waals surface area (Å²) < 4.78 is 0. The van der Waals surface area contributed by atoms with E-state index >= 15 is 0 Å². The van der Waals surface area contributed by atoms with Crippen LogP contribution in [0.4, 0.5) is 0 Å². The van der Waals surface area contributed by atoms with E-state index in [2.05, 4.69) is 0 Å². The highest BCUT2D eigenvalue weighted by Gasteiger charge is 2.64. The molecule has 0 aromatic heterocycles. The van der Waals surface area contributed by atoms with Gasteiger partial charge >= 0.3 is 5.97 Å². The molecule has 1 aliphatic rings. The van der Waals surface area contributed by atoms with Crippen LogP contribution in [0.15, 0.2) is 60.7 Å². The molecule has 3 rings (SSSR count). The molecule has 0 radical (unpaired) electrons. The molecule has 1 saturated carbocycles. The monoisotopic (exact) mass is 268 g/mol. The SMILES string of the molecule is O=C(O)[C@@]1(c2ccccc2)C[C@H]1C(O)c1ccccc1. The van der Waals surface area contributed by atoms with E-state index in [1.54, 1.807) is 0 Å². The first-order chi connectivity index (χ1) is 9.66. The normalized spacial score (nSPS) is 25.9. The zero-order valence-corrected chi connectivity index (χ0v) is 10.9. The largest absolute Gasteiger partial charge is 0.481 e. The lowest BCUT2D eigenvalue weighted by atomic mass is 9.90. The van der Waals surface area contributed by atoms with Gasteiger partial charge in [0.05, 0.1) is 11.5 Å². The van der Waals surface area contributed by atoms with E-state index in [1.165, 1.54) is 0 Å². The molecule has 0 bridgehead atoms. The van der Waals surface area contributed by atoms with Crippen molar-refractivity contribution in [3.05, 3.63) is 71.8 Å². The van der Waals surface area contributed by atoms with E-state index in [0.717, 1.165) is 11.1 Å². The molecule has 0 aliphatic heterocycles. The van der Waals surface area contributed by atoms with E-state index in [4.69, 9.17) is 0 Å². The third kappa shape index (κ3) is 1.91. The molecule has 1 fully saturated rings. The summed E-state index contributed by atoms with van der Waals surface area (Å²) >= 11 is 0. The Balaban J connectivity index is 1.92. The van der Waals surface area contributed by atoms with Gasteiger partial charge < -0.3 is 10.2 Å². The molecule has 20 heavy (non-hydrogen) atoms. The van der Waals surface area contributed by atoms with E-state index in [9.17, 15) is 15.0 Å². The standard InChI is InChI=1S/C17H16O3/c18-15(12-7-3-1-4-8-12)14-11-17(14,16(19)20)13-9-5-2-6-10-13/h1-10,14-15,18H,11H2,(H,19,20)/t14-,15?,17+/m0/s1. The number of aliphatic carboxylic acids is 1. The van der Waals surface area contributed by atoms with Crippen molar-refractivity contribution in [1.29, 1.82) is 0 Å². The molecule has 0 heterocycles. The maximum atomic E-state index is 11.7. The Morgan fingerprint density at radius 2 is 1.60 bits per heavy atom. The second-order valence-electron chi connectivity index (χ2n) is 5.31. The summed E-state index contributed by atoms with van der Waals surface area (Å²) in [6.45, 7) is 0. The van der Waals surface area contributed by atoms with Crippen LogP contribution >= 0.6 is 0 Å². The highest BCUT2D eigenvalue weighted by Crippen LogP contribution is 2.59. The first-order valence-corrected chi connectivity index (χ1v) is 6.68. The minimum Gasteiger partial charge on any atom is -0.481 e. The van der Waals surface area contributed by atoms with E-state index in [-0.39, 0.29) is 5.92 Å². The van der Waals surface area contributed by atoms with Gasteiger partial charge in [0.25, 0.3) is 0 Å². The van der Waals surface area contributed by atoms with Gasteiger partial charge in [0, 0.05) is 5.92 Å². The lowest BCUT2D eigenvalue weighted by molar-refractivity contribution is -0.141. The minimum absolute atomic E-state index is 0.273. The summed E-state index contributed by atoms with van der Waals surface area (Å²) in [5.74, 6) is -1.13.